The number of amides is 1. The number of rotatable bonds is 4. The van der Waals surface area contributed by atoms with Crippen LogP contribution in [0.4, 0.5) is 26.0 Å². The molecule has 0 aliphatic rings. The third-order valence-corrected chi connectivity index (χ3v) is 3.39. The van der Waals surface area contributed by atoms with Gasteiger partial charge in [0, 0.05) is 17.4 Å². The Morgan fingerprint density at radius 2 is 1.64 bits per heavy atom. The standard InChI is InChI=1S/C18H14F2N4O/c1-11-2-4-12(5-3-11)24-18(25)16-9-22-17(10-21-16)23-13-6-7-14(19)15(20)8-13/h2-10H,1H3,(H,22,23)(H,24,25). The number of anilines is 3. The van der Waals surface area contributed by atoms with E-state index >= 15 is 0 Å². The lowest BCUT2D eigenvalue weighted by atomic mass is 10.2. The maximum atomic E-state index is 13.2. The molecule has 0 saturated heterocycles. The van der Waals surface area contributed by atoms with Gasteiger partial charge in [-0.15, -0.1) is 0 Å². The van der Waals surface area contributed by atoms with Crippen molar-refractivity contribution in [2.24, 2.45) is 0 Å². The Morgan fingerprint density at radius 3 is 2.28 bits per heavy atom. The monoisotopic (exact) mass is 340 g/mol. The molecule has 2 N–H and O–H groups in total. The number of carbonyl (C=O) groups is 1. The molecule has 0 radical (unpaired) electrons. The van der Waals surface area contributed by atoms with Gasteiger partial charge in [-0.2, -0.15) is 0 Å². The Balaban J connectivity index is 1.67. The molecule has 0 aliphatic heterocycles. The zero-order chi connectivity index (χ0) is 17.8. The number of nitrogens with zero attached hydrogens (tertiary/aromatic N) is 2. The minimum absolute atomic E-state index is 0.136. The maximum Gasteiger partial charge on any atom is 0.275 e. The summed E-state index contributed by atoms with van der Waals surface area (Å²) < 4.78 is 26.1. The molecule has 0 spiro atoms. The summed E-state index contributed by atoms with van der Waals surface area (Å²) >= 11 is 0. The van der Waals surface area contributed by atoms with Gasteiger partial charge in [-0.1, -0.05) is 17.7 Å². The summed E-state index contributed by atoms with van der Waals surface area (Å²) in [6.45, 7) is 1.95. The number of halogens is 2. The molecule has 1 heterocycles. The number of aromatic nitrogens is 2. The summed E-state index contributed by atoms with van der Waals surface area (Å²) in [4.78, 5) is 20.2. The number of carbonyl (C=O) groups excluding carboxylic acids is 1. The molecule has 7 heteroatoms. The van der Waals surface area contributed by atoms with Crippen LogP contribution in [0.1, 0.15) is 16.1 Å². The van der Waals surface area contributed by atoms with Gasteiger partial charge in [-0.25, -0.2) is 18.7 Å². The number of hydrogen-bond donors (Lipinski definition) is 2. The van der Waals surface area contributed by atoms with Crippen molar-refractivity contribution in [3.8, 4) is 0 Å². The SMILES string of the molecule is Cc1ccc(NC(=O)c2cnc(Nc3ccc(F)c(F)c3)cn2)cc1. The molecule has 5 nitrogen and oxygen atoms in total. The average molecular weight is 340 g/mol. The van der Waals surface area contributed by atoms with Crippen molar-refractivity contribution in [3.63, 3.8) is 0 Å². The van der Waals surface area contributed by atoms with Gasteiger partial charge in [0.15, 0.2) is 11.6 Å². The lowest BCUT2D eigenvalue weighted by molar-refractivity contribution is 0.102. The molecule has 126 valence electrons. The molecular formula is C18H14F2N4O. The molecule has 1 amide bonds. The van der Waals surface area contributed by atoms with Crippen LogP contribution in [0.5, 0.6) is 0 Å². The molecule has 0 atom stereocenters. The van der Waals surface area contributed by atoms with Crippen molar-refractivity contribution in [3.05, 3.63) is 77.8 Å². The Kier molecular flexibility index (Phi) is 4.65. The van der Waals surface area contributed by atoms with Crippen molar-refractivity contribution < 1.29 is 13.6 Å². The van der Waals surface area contributed by atoms with E-state index in [-0.39, 0.29) is 5.69 Å². The van der Waals surface area contributed by atoms with E-state index in [1.807, 2.05) is 19.1 Å². The molecular weight excluding hydrogens is 326 g/mol. The summed E-state index contributed by atoms with van der Waals surface area (Å²) in [5, 5.41) is 5.50. The van der Waals surface area contributed by atoms with E-state index in [0.29, 0.717) is 17.2 Å². The maximum absolute atomic E-state index is 13.2. The van der Waals surface area contributed by atoms with E-state index in [4.69, 9.17) is 0 Å². The summed E-state index contributed by atoms with van der Waals surface area (Å²) in [7, 11) is 0. The van der Waals surface area contributed by atoms with Crippen LogP contribution in [0.15, 0.2) is 54.9 Å². The van der Waals surface area contributed by atoms with Gasteiger partial charge in [0.2, 0.25) is 0 Å². The molecule has 3 rings (SSSR count). The number of nitrogens with one attached hydrogen (secondary N) is 2. The predicted octanol–water partition coefficient (Wildman–Crippen LogP) is 4.06. The fraction of sp³-hybridized carbons (Fsp3) is 0.0556. The van der Waals surface area contributed by atoms with Crippen LogP contribution < -0.4 is 10.6 Å². The second-order valence-corrected chi connectivity index (χ2v) is 5.36. The Hall–Kier alpha value is -3.35. The van der Waals surface area contributed by atoms with Gasteiger partial charge in [0.05, 0.1) is 12.4 Å². The molecule has 0 fully saturated rings. The van der Waals surface area contributed by atoms with Gasteiger partial charge >= 0.3 is 0 Å². The molecule has 3 aromatic rings. The predicted molar refractivity (Wildman–Crippen MR) is 90.8 cm³/mol. The van der Waals surface area contributed by atoms with Crippen molar-refractivity contribution in [1.29, 1.82) is 0 Å². The third-order valence-electron chi connectivity index (χ3n) is 3.39. The van der Waals surface area contributed by atoms with Crippen LogP contribution in [0.3, 0.4) is 0 Å². The first-order chi connectivity index (χ1) is 12.0. The summed E-state index contributed by atoms with van der Waals surface area (Å²) in [6.07, 6.45) is 2.64. The first-order valence-corrected chi connectivity index (χ1v) is 7.43. The minimum atomic E-state index is -0.966. The summed E-state index contributed by atoms with van der Waals surface area (Å²) in [6, 6.07) is 10.7. The summed E-state index contributed by atoms with van der Waals surface area (Å²) in [5.74, 6) is -1.99. The zero-order valence-corrected chi connectivity index (χ0v) is 13.3. The topological polar surface area (TPSA) is 66.9 Å². The van der Waals surface area contributed by atoms with Gasteiger partial charge in [-0.3, -0.25) is 4.79 Å². The van der Waals surface area contributed by atoms with Crippen molar-refractivity contribution in [2.75, 3.05) is 10.6 Å². The molecule has 25 heavy (non-hydrogen) atoms. The first kappa shape index (κ1) is 16.5. The Morgan fingerprint density at radius 1 is 0.920 bits per heavy atom. The minimum Gasteiger partial charge on any atom is -0.339 e. The number of hydrogen-bond acceptors (Lipinski definition) is 4. The zero-order valence-electron chi connectivity index (χ0n) is 13.3. The molecule has 0 aliphatic carbocycles. The van der Waals surface area contributed by atoms with Crippen LogP contribution in [0.2, 0.25) is 0 Å². The van der Waals surface area contributed by atoms with Gasteiger partial charge < -0.3 is 10.6 Å². The average Bonchev–Trinajstić information content (AvgIpc) is 2.61. The Labute approximate surface area is 142 Å². The van der Waals surface area contributed by atoms with Crippen molar-refractivity contribution in [2.45, 2.75) is 6.92 Å². The largest absolute Gasteiger partial charge is 0.339 e. The normalized spacial score (nSPS) is 10.4. The lowest BCUT2D eigenvalue weighted by Crippen LogP contribution is -2.14. The molecule has 0 bridgehead atoms. The van der Waals surface area contributed by atoms with E-state index < -0.39 is 17.5 Å². The van der Waals surface area contributed by atoms with E-state index in [0.717, 1.165) is 17.7 Å². The van der Waals surface area contributed by atoms with Crippen LogP contribution >= 0.6 is 0 Å². The van der Waals surface area contributed by atoms with Crippen molar-refractivity contribution >= 4 is 23.1 Å². The van der Waals surface area contributed by atoms with E-state index in [1.54, 1.807) is 12.1 Å². The molecule has 0 saturated carbocycles. The van der Waals surface area contributed by atoms with E-state index in [2.05, 4.69) is 20.6 Å². The highest BCUT2D eigenvalue weighted by atomic mass is 19.2. The van der Waals surface area contributed by atoms with Crippen molar-refractivity contribution in [1.82, 2.24) is 9.97 Å². The van der Waals surface area contributed by atoms with E-state index in [9.17, 15) is 13.6 Å². The highest BCUT2D eigenvalue weighted by Gasteiger charge is 2.09. The molecule has 2 aromatic carbocycles. The van der Waals surface area contributed by atoms with Gasteiger partial charge in [0.25, 0.3) is 5.91 Å². The fourth-order valence-corrected chi connectivity index (χ4v) is 2.06. The molecule has 0 unspecified atom stereocenters. The fourth-order valence-electron chi connectivity index (χ4n) is 2.06. The van der Waals surface area contributed by atoms with E-state index in [1.165, 1.54) is 18.5 Å². The van der Waals surface area contributed by atoms with Crippen LogP contribution in [-0.4, -0.2) is 15.9 Å². The smallest absolute Gasteiger partial charge is 0.275 e. The Bertz CT molecular complexity index is 896. The summed E-state index contributed by atoms with van der Waals surface area (Å²) in [5.41, 5.74) is 2.20. The highest BCUT2D eigenvalue weighted by molar-refractivity contribution is 6.02. The van der Waals surface area contributed by atoms with Crippen LogP contribution in [-0.2, 0) is 0 Å². The van der Waals surface area contributed by atoms with Crippen LogP contribution in [0.25, 0.3) is 0 Å². The molecule has 1 aromatic heterocycles. The second-order valence-electron chi connectivity index (χ2n) is 5.36. The van der Waals surface area contributed by atoms with Crippen LogP contribution in [0, 0.1) is 18.6 Å². The number of benzene rings is 2. The van der Waals surface area contributed by atoms with Gasteiger partial charge in [-0.05, 0) is 31.2 Å². The first-order valence-electron chi connectivity index (χ1n) is 7.43. The highest BCUT2D eigenvalue weighted by Crippen LogP contribution is 2.17. The third kappa shape index (κ3) is 4.14. The van der Waals surface area contributed by atoms with Gasteiger partial charge in [0.1, 0.15) is 11.5 Å². The number of aryl methyl sites for hydroxylation is 1. The lowest BCUT2D eigenvalue weighted by Gasteiger charge is -2.07. The second kappa shape index (κ2) is 7.04. The quantitative estimate of drug-likeness (QED) is 0.752.